The van der Waals surface area contributed by atoms with Gasteiger partial charge in [0.2, 0.25) is 5.95 Å². The highest BCUT2D eigenvalue weighted by Crippen LogP contribution is 2.17. The Morgan fingerprint density at radius 1 is 1.23 bits per heavy atom. The van der Waals surface area contributed by atoms with Crippen LogP contribution in [0.3, 0.4) is 0 Å². The van der Waals surface area contributed by atoms with Crippen LogP contribution in [0.5, 0.6) is 0 Å². The van der Waals surface area contributed by atoms with E-state index >= 15 is 0 Å². The van der Waals surface area contributed by atoms with Gasteiger partial charge in [-0.25, -0.2) is 9.97 Å². The van der Waals surface area contributed by atoms with Crippen molar-refractivity contribution in [2.45, 2.75) is 13.8 Å². The molecule has 116 valence electrons. The van der Waals surface area contributed by atoms with Crippen LogP contribution in [-0.4, -0.2) is 36.1 Å². The van der Waals surface area contributed by atoms with Crippen molar-refractivity contribution in [2.75, 3.05) is 30.9 Å². The number of amides is 1. The highest BCUT2D eigenvalue weighted by molar-refractivity contribution is 6.04. The molecule has 1 amide bonds. The second-order valence-corrected chi connectivity index (χ2v) is 4.99. The summed E-state index contributed by atoms with van der Waals surface area (Å²) in [4.78, 5) is 20.4. The predicted molar refractivity (Wildman–Crippen MR) is 86.3 cm³/mol. The Bertz CT molecular complexity index is 641. The predicted octanol–water partition coefficient (Wildman–Crippen LogP) is 2.40. The van der Waals surface area contributed by atoms with E-state index in [1.165, 1.54) is 12.4 Å². The van der Waals surface area contributed by atoms with Crippen LogP contribution in [0.1, 0.15) is 21.5 Å². The summed E-state index contributed by atoms with van der Waals surface area (Å²) in [6.07, 6.45) is 3.00. The van der Waals surface area contributed by atoms with Crippen molar-refractivity contribution in [1.82, 2.24) is 9.97 Å². The number of aryl methyl sites for hydroxylation is 2. The Morgan fingerprint density at radius 2 is 1.95 bits per heavy atom. The van der Waals surface area contributed by atoms with Gasteiger partial charge in [-0.05, 0) is 25.5 Å². The SMILES string of the molecule is COCCNc1ncc(C(=O)Nc2ccc(C)cc2C)cn1. The molecule has 0 aliphatic carbocycles. The van der Waals surface area contributed by atoms with Gasteiger partial charge in [-0.1, -0.05) is 17.7 Å². The Labute approximate surface area is 129 Å². The molecule has 0 aliphatic rings. The van der Waals surface area contributed by atoms with Gasteiger partial charge in [-0.3, -0.25) is 4.79 Å². The van der Waals surface area contributed by atoms with E-state index < -0.39 is 0 Å². The first-order valence-corrected chi connectivity index (χ1v) is 7.03. The molecule has 0 atom stereocenters. The van der Waals surface area contributed by atoms with Crippen molar-refractivity contribution in [3.63, 3.8) is 0 Å². The van der Waals surface area contributed by atoms with Crippen LogP contribution >= 0.6 is 0 Å². The minimum Gasteiger partial charge on any atom is -0.383 e. The number of hydrogen-bond donors (Lipinski definition) is 2. The molecule has 1 aromatic carbocycles. The normalized spacial score (nSPS) is 10.3. The number of carbonyl (C=O) groups is 1. The van der Waals surface area contributed by atoms with Gasteiger partial charge in [0.1, 0.15) is 0 Å². The van der Waals surface area contributed by atoms with Crippen molar-refractivity contribution >= 4 is 17.5 Å². The molecule has 0 bridgehead atoms. The lowest BCUT2D eigenvalue weighted by atomic mass is 10.1. The maximum atomic E-state index is 12.2. The van der Waals surface area contributed by atoms with Crippen molar-refractivity contribution < 1.29 is 9.53 Å². The van der Waals surface area contributed by atoms with Gasteiger partial charge in [0.25, 0.3) is 5.91 Å². The molecular weight excluding hydrogens is 280 g/mol. The van der Waals surface area contributed by atoms with Gasteiger partial charge < -0.3 is 15.4 Å². The van der Waals surface area contributed by atoms with E-state index in [4.69, 9.17) is 4.74 Å². The zero-order valence-corrected chi connectivity index (χ0v) is 13.0. The molecule has 0 radical (unpaired) electrons. The maximum Gasteiger partial charge on any atom is 0.258 e. The lowest BCUT2D eigenvalue weighted by Gasteiger charge is -2.09. The molecule has 22 heavy (non-hydrogen) atoms. The number of methoxy groups -OCH3 is 1. The van der Waals surface area contributed by atoms with Gasteiger partial charge in [-0.2, -0.15) is 0 Å². The summed E-state index contributed by atoms with van der Waals surface area (Å²) >= 11 is 0. The molecule has 0 unspecified atom stereocenters. The number of ether oxygens (including phenoxy) is 1. The quantitative estimate of drug-likeness (QED) is 0.801. The highest BCUT2D eigenvalue weighted by atomic mass is 16.5. The summed E-state index contributed by atoms with van der Waals surface area (Å²) < 4.78 is 4.93. The number of anilines is 2. The Hall–Kier alpha value is -2.47. The van der Waals surface area contributed by atoms with Crippen molar-refractivity contribution in [2.24, 2.45) is 0 Å². The van der Waals surface area contributed by atoms with Crippen LogP contribution < -0.4 is 10.6 Å². The third-order valence-electron chi connectivity index (χ3n) is 3.13. The molecule has 0 fully saturated rings. The largest absolute Gasteiger partial charge is 0.383 e. The molecular formula is C16H20N4O2. The van der Waals surface area contributed by atoms with E-state index in [-0.39, 0.29) is 5.91 Å². The number of hydrogen-bond acceptors (Lipinski definition) is 5. The second-order valence-electron chi connectivity index (χ2n) is 4.99. The fraction of sp³-hybridized carbons (Fsp3) is 0.312. The minimum atomic E-state index is -0.226. The van der Waals surface area contributed by atoms with Crippen LogP contribution in [0.2, 0.25) is 0 Å². The Balaban J connectivity index is 2.00. The molecule has 6 heteroatoms. The lowest BCUT2D eigenvalue weighted by Crippen LogP contribution is -2.15. The Kier molecular flexibility index (Phi) is 5.43. The first-order chi connectivity index (χ1) is 10.6. The first kappa shape index (κ1) is 15.9. The average molecular weight is 300 g/mol. The zero-order chi connectivity index (χ0) is 15.9. The molecule has 2 rings (SSSR count). The van der Waals surface area contributed by atoms with Gasteiger partial charge in [0.15, 0.2) is 0 Å². The summed E-state index contributed by atoms with van der Waals surface area (Å²) in [7, 11) is 1.63. The highest BCUT2D eigenvalue weighted by Gasteiger charge is 2.09. The summed E-state index contributed by atoms with van der Waals surface area (Å²) in [6, 6.07) is 5.88. The third kappa shape index (κ3) is 4.26. The van der Waals surface area contributed by atoms with Crippen LogP contribution in [0, 0.1) is 13.8 Å². The molecule has 6 nitrogen and oxygen atoms in total. The summed E-state index contributed by atoms with van der Waals surface area (Å²) in [6.45, 7) is 5.16. The molecule has 0 aliphatic heterocycles. The second kappa shape index (κ2) is 7.51. The fourth-order valence-corrected chi connectivity index (χ4v) is 1.95. The van der Waals surface area contributed by atoms with E-state index in [0.29, 0.717) is 24.7 Å². The molecule has 2 N–H and O–H groups in total. The summed E-state index contributed by atoms with van der Waals surface area (Å²) in [5.41, 5.74) is 3.38. The Morgan fingerprint density at radius 3 is 2.59 bits per heavy atom. The molecule has 1 aromatic heterocycles. The van der Waals surface area contributed by atoms with Crippen LogP contribution in [-0.2, 0) is 4.74 Å². The average Bonchev–Trinajstić information content (AvgIpc) is 2.51. The minimum absolute atomic E-state index is 0.226. The number of nitrogens with one attached hydrogen (secondary N) is 2. The first-order valence-electron chi connectivity index (χ1n) is 7.03. The van der Waals surface area contributed by atoms with E-state index in [2.05, 4.69) is 20.6 Å². The molecule has 0 saturated heterocycles. The zero-order valence-electron chi connectivity index (χ0n) is 13.0. The van der Waals surface area contributed by atoms with Gasteiger partial charge >= 0.3 is 0 Å². The van der Waals surface area contributed by atoms with Crippen molar-refractivity contribution in [3.8, 4) is 0 Å². The van der Waals surface area contributed by atoms with E-state index in [1.807, 2.05) is 32.0 Å². The fourth-order valence-electron chi connectivity index (χ4n) is 1.95. The van der Waals surface area contributed by atoms with Crippen LogP contribution in [0.15, 0.2) is 30.6 Å². The lowest BCUT2D eigenvalue weighted by molar-refractivity contribution is 0.102. The third-order valence-corrected chi connectivity index (χ3v) is 3.13. The number of benzene rings is 1. The van der Waals surface area contributed by atoms with Gasteiger partial charge in [0.05, 0.1) is 12.2 Å². The molecule has 1 heterocycles. The molecule has 2 aromatic rings. The number of rotatable bonds is 6. The van der Waals surface area contributed by atoms with E-state index in [9.17, 15) is 4.79 Å². The number of aromatic nitrogens is 2. The van der Waals surface area contributed by atoms with Gasteiger partial charge in [-0.15, -0.1) is 0 Å². The number of nitrogens with zero attached hydrogens (tertiary/aromatic N) is 2. The standard InChI is InChI=1S/C16H20N4O2/c1-11-4-5-14(12(2)8-11)20-15(21)13-9-18-16(19-10-13)17-6-7-22-3/h4-5,8-10H,6-7H2,1-3H3,(H,20,21)(H,17,18,19). The smallest absolute Gasteiger partial charge is 0.258 e. The topological polar surface area (TPSA) is 76.1 Å². The monoisotopic (exact) mass is 300 g/mol. The van der Waals surface area contributed by atoms with Crippen molar-refractivity contribution in [3.05, 3.63) is 47.3 Å². The van der Waals surface area contributed by atoms with E-state index in [1.54, 1.807) is 7.11 Å². The van der Waals surface area contributed by atoms with Crippen LogP contribution in [0.25, 0.3) is 0 Å². The molecule has 0 spiro atoms. The van der Waals surface area contributed by atoms with Gasteiger partial charge in [0, 0.05) is 31.7 Å². The van der Waals surface area contributed by atoms with Crippen molar-refractivity contribution in [1.29, 1.82) is 0 Å². The van der Waals surface area contributed by atoms with Crippen LogP contribution in [0.4, 0.5) is 11.6 Å². The summed E-state index contributed by atoms with van der Waals surface area (Å²) in [5, 5.41) is 5.86. The maximum absolute atomic E-state index is 12.2. The summed E-state index contributed by atoms with van der Waals surface area (Å²) in [5.74, 6) is 0.246. The van der Waals surface area contributed by atoms with E-state index in [0.717, 1.165) is 16.8 Å². The molecule has 0 saturated carbocycles. The number of carbonyl (C=O) groups excluding carboxylic acids is 1.